The van der Waals surface area contributed by atoms with Crippen LogP contribution in [0.25, 0.3) is 65.3 Å². The lowest BCUT2D eigenvalue weighted by Crippen LogP contribution is -2.16. The molecule has 9 aromatic carbocycles. The Morgan fingerprint density at radius 1 is 0.380 bits per heavy atom. The molecule has 10 rings (SSSR count). The SMILES string of the molecule is CC1(C)c2ccccc2-c2ccc(N(c3cccc(-c4ccc5ccccc5c4)c3)c3cc4ccc5ccccc5c4c4ccccc34)cc21. The molecule has 0 heterocycles. The van der Waals surface area contributed by atoms with Crippen LogP contribution in [-0.4, -0.2) is 0 Å². The Hall–Kier alpha value is -6.18. The minimum atomic E-state index is -0.106. The average molecular weight is 638 g/mol. The standard InChI is InChI=1S/C49H35N/c1-49(2)45-21-10-9-18-41(45)42-27-26-39(31-46(42)49)50(38-16-11-15-35(29-38)36-24-22-32-12-3-4-14-34(32)28-36)47-30-37-25-23-33-13-5-6-17-40(33)48(37)44-20-8-7-19-43(44)47/h3-31H,1-2H3. The van der Waals surface area contributed by atoms with Crippen LogP contribution in [0.2, 0.25) is 0 Å². The van der Waals surface area contributed by atoms with Crippen LogP contribution in [0.3, 0.4) is 0 Å². The Morgan fingerprint density at radius 3 is 1.90 bits per heavy atom. The lowest BCUT2D eigenvalue weighted by molar-refractivity contribution is 0.660. The zero-order valence-electron chi connectivity index (χ0n) is 28.2. The molecule has 0 bridgehead atoms. The zero-order valence-corrected chi connectivity index (χ0v) is 28.2. The van der Waals surface area contributed by atoms with Crippen LogP contribution in [0.15, 0.2) is 176 Å². The summed E-state index contributed by atoms with van der Waals surface area (Å²) >= 11 is 0. The maximum Gasteiger partial charge on any atom is 0.0546 e. The van der Waals surface area contributed by atoms with E-state index >= 15 is 0 Å². The second-order valence-corrected chi connectivity index (χ2v) is 14.2. The van der Waals surface area contributed by atoms with E-state index in [4.69, 9.17) is 0 Å². The highest BCUT2D eigenvalue weighted by Crippen LogP contribution is 2.51. The van der Waals surface area contributed by atoms with Gasteiger partial charge < -0.3 is 4.90 Å². The van der Waals surface area contributed by atoms with Gasteiger partial charge in [0.1, 0.15) is 0 Å². The molecule has 236 valence electrons. The van der Waals surface area contributed by atoms with Gasteiger partial charge in [-0.1, -0.05) is 153 Å². The molecule has 1 aliphatic carbocycles. The van der Waals surface area contributed by atoms with E-state index in [2.05, 4.69) is 195 Å². The lowest BCUT2D eigenvalue weighted by Gasteiger charge is -2.30. The molecule has 0 saturated carbocycles. The number of fused-ring (bicyclic) bond motifs is 9. The maximum atomic E-state index is 2.49. The normalized spacial score (nSPS) is 13.2. The van der Waals surface area contributed by atoms with Crippen LogP contribution < -0.4 is 4.90 Å². The maximum absolute atomic E-state index is 2.49. The quantitative estimate of drug-likeness (QED) is 0.174. The fraction of sp³-hybridized carbons (Fsp3) is 0.0612. The van der Waals surface area contributed by atoms with Gasteiger partial charge in [0.15, 0.2) is 0 Å². The third kappa shape index (κ3) is 4.33. The minimum Gasteiger partial charge on any atom is -0.310 e. The van der Waals surface area contributed by atoms with Gasteiger partial charge in [-0.25, -0.2) is 0 Å². The summed E-state index contributed by atoms with van der Waals surface area (Å²) in [7, 11) is 0. The predicted molar refractivity (Wildman–Crippen MR) is 214 cm³/mol. The molecule has 0 atom stereocenters. The van der Waals surface area contributed by atoms with Crippen molar-refractivity contribution in [3.05, 3.63) is 187 Å². The van der Waals surface area contributed by atoms with Crippen molar-refractivity contribution in [3.63, 3.8) is 0 Å². The summed E-state index contributed by atoms with van der Waals surface area (Å²) in [6.45, 7) is 4.73. The first-order chi connectivity index (χ1) is 24.5. The number of benzene rings is 9. The summed E-state index contributed by atoms with van der Waals surface area (Å²) in [6.07, 6.45) is 0. The van der Waals surface area contributed by atoms with Crippen molar-refractivity contribution in [1.29, 1.82) is 0 Å². The summed E-state index contributed by atoms with van der Waals surface area (Å²) < 4.78 is 0. The summed E-state index contributed by atoms with van der Waals surface area (Å²) in [6, 6.07) is 65.1. The van der Waals surface area contributed by atoms with Gasteiger partial charge in [0.05, 0.1) is 5.69 Å². The van der Waals surface area contributed by atoms with Gasteiger partial charge in [-0.2, -0.15) is 0 Å². The zero-order chi connectivity index (χ0) is 33.4. The molecule has 0 saturated heterocycles. The first kappa shape index (κ1) is 28.8. The molecule has 1 nitrogen and oxygen atoms in total. The van der Waals surface area contributed by atoms with Gasteiger partial charge in [0, 0.05) is 22.2 Å². The Morgan fingerprint density at radius 2 is 1.02 bits per heavy atom. The van der Waals surface area contributed by atoms with Crippen molar-refractivity contribution in [2.24, 2.45) is 0 Å². The van der Waals surface area contributed by atoms with Crippen molar-refractivity contribution in [1.82, 2.24) is 0 Å². The monoisotopic (exact) mass is 637 g/mol. The third-order valence-electron chi connectivity index (χ3n) is 11.0. The molecule has 9 aromatic rings. The fourth-order valence-corrected chi connectivity index (χ4v) is 8.50. The molecule has 0 fully saturated rings. The summed E-state index contributed by atoms with van der Waals surface area (Å²) in [5.41, 5.74) is 11.2. The molecule has 0 radical (unpaired) electrons. The molecular weight excluding hydrogens is 603 g/mol. The highest BCUT2D eigenvalue weighted by Gasteiger charge is 2.36. The highest BCUT2D eigenvalue weighted by molar-refractivity contribution is 6.23. The van der Waals surface area contributed by atoms with Crippen LogP contribution in [0.5, 0.6) is 0 Å². The molecule has 0 spiro atoms. The van der Waals surface area contributed by atoms with Crippen molar-refractivity contribution >= 4 is 60.2 Å². The Kier molecular flexibility index (Phi) is 6.29. The van der Waals surface area contributed by atoms with E-state index in [1.165, 1.54) is 82.2 Å². The van der Waals surface area contributed by atoms with E-state index in [1.54, 1.807) is 0 Å². The largest absolute Gasteiger partial charge is 0.310 e. The number of anilines is 3. The molecule has 0 N–H and O–H groups in total. The summed E-state index contributed by atoms with van der Waals surface area (Å²) in [5, 5.41) is 10.1. The van der Waals surface area contributed by atoms with Crippen LogP contribution in [-0.2, 0) is 5.41 Å². The molecule has 1 aliphatic rings. The number of nitrogens with zero attached hydrogens (tertiary/aromatic N) is 1. The molecule has 0 aromatic heterocycles. The second-order valence-electron chi connectivity index (χ2n) is 14.2. The van der Waals surface area contributed by atoms with Crippen molar-refractivity contribution < 1.29 is 0 Å². The molecule has 1 heteroatoms. The van der Waals surface area contributed by atoms with E-state index in [1.807, 2.05) is 0 Å². The predicted octanol–water partition coefficient (Wildman–Crippen LogP) is 13.7. The lowest BCUT2D eigenvalue weighted by atomic mass is 9.82. The molecule has 0 aliphatic heterocycles. The van der Waals surface area contributed by atoms with Gasteiger partial charge in [-0.05, 0) is 107 Å². The van der Waals surface area contributed by atoms with E-state index < -0.39 is 0 Å². The Balaban J connectivity index is 1.24. The first-order valence-corrected chi connectivity index (χ1v) is 17.5. The number of rotatable bonds is 4. The summed E-state index contributed by atoms with van der Waals surface area (Å²) in [4.78, 5) is 2.49. The van der Waals surface area contributed by atoms with Crippen LogP contribution in [0.4, 0.5) is 17.1 Å². The van der Waals surface area contributed by atoms with Gasteiger partial charge in [-0.15, -0.1) is 0 Å². The van der Waals surface area contributed by atoms with Gasteiger partial charge in [-0.3, -0.25) is 0 Å². The second kappa shape index (κ2) is 10.9. The third-order valence-corrected chi connectivity index (χ3v) is 11.0. The molecule has 0 amide bonds. The van der Waals surface area contributed by atoms with Crippen LogP contribution in [0, 0.1) is 0 Å². The Bertz CT molecular complexity index is 2800. The minimum absolute atomic E-state index is 0.106. The molecule has 50 heavy (non-hydrogen) atoms. The van der Waals surface area contributed by atoms with E-state index in [0.29, 0.717) is 0 Å². The van der Waals surface area contributed by atoms with Gasteiger partial charge >= 0.3 is 0 Å². The average Bonchev–Trinajstić information content (AvgIpc) is 3.40. The van der Waals surface area contributed by atoms with Crippen molar-refractivity contribution in [2.45, 2.75) is 19.3 Å². The smallest absolute Gasteiger partial charge is 0.0546 e. The number of hydrogen-bond acceptors (Lipinski definition) is 1. The summed E-state index contributed by atoms with van der Waals surface area (Å²) in [5.74, 6) is 0. The van der Waals surface area contributed by atoms with Crippen LogP contribution in [0.1, 0.15) is 25.0 Å². The van der Waals surface area contributed by atoms with Crippen molar-refractivity contribution in [2.75, 3.05) is 4.90 Å². The topological polar surface area (TPSA) is 3.24 Å². The highest BCUT2D eigenvalue weighted by atomic mass is 15.1. The fourth-order valence-electron chi connectivity index (χ4n) is 8.50. The van der Waals surface area contributed by atoms with Gasteiger partial charge in [0.25, 0.3) is 0 Å². The van der Waals surface area contributed by atoms with Gasteiger partial charge in [0.2, 0.25) is 0 Å². The molecule has 0 unspecified atom stereocenters. The molecular formula is C49H35N. The van der Waals surface area contributed by atoms with E-state index in [-0.39, 0.29) is 5.41 Å². The van der Waals surface area contributed by atoms with E-state index in [9.17, 15) is 0 Å². The van der Waals surface area contributed by atoms with E-state index in [0.717, 1.165) is 11.4 Å². The van der Waals surface area contributed by atoms with Crippen molar-refractivity contribution in [3.8, 4) is 22.3 Å². The first-order valence-electron chi connectivity index (χ1n) is 17.5. The van der Waals surface area contributed by atoms with Crippen LogP contribution >= 0.6 is 0 Å². The number of hydrogen-bond donors (Lipinski definition) is 0. The Labute approximate surface area is 292 Å².